The molecular formula is C18H16FN5O3. The number of fused-ring (bicyclic) bond motifs is 1. The van der Waals surface area contributed by atoms with Gasteiger partial charge in [0, 0.05) is 13.0 Å². The summed E-state index contributed by atoms with van der Waals surface area (Å²) in [5, 5.41) is 6.95. The first-order valence-corrected chi connectivity index (χ1v) is 8.37. The van der Waals surface area contributed by atoms with E-state index < -0.39 is 11.5 Å². The molecule has 9 heteroatoms. The van der Waals surface area contributed by atoms with E-state index in [0.29, 0.717) is 30.6 Å². The minimum absolute atomic E-state index is 0.0994. The van der Waals surface area contributed by atoms with E-state index in [-0.39, 0.29) is 29.1 Å². The number of hydrogen-bond donors (Lipinski definition) is 2. The number of likely N-dealkylation sites (tertiary alicyclic amines) is 1. The Morgan fingerprint density at radius 2 is 2.30 bits per heavy atom. The normalized spacial score (nSPS) is 16.6. The zero-order chi connectivity index (χ0) is 19.0. The molecule has 1 atom stereocenters. The van der Waals surface area contributed by atoms with Crippen LogP contribution in [-0.2, 0) is 4.79 Å². The van der Waals surface area contributed by atoms with Gasteiger partial charge in [0.15, 0.2) is 5.82 Å². The molecule has 1 fully saturated rings. The van der Waals surface area contributed by atoms with E-state index in [2.05, 4.69) is 26.7 Å². The lowest BCUT2D eigenvalue weighted by atomic mass is 10.1. The molecule has 1 unspecified atom stereocenters. The van der Waals surface area contributed by atoms with E-state index in [1.165, 1.54) is 12.1 Å². The summed E-state index contributed by atoms with van der Waals surface area (Å²) in [5.41, 5.74) is -0.124. The minimum atomic E-state index is -0.469. The molecule has 3 heterocycles. The second kappa shape index (κ2) is 6.67. The van der Waals surface area contributed by atoms with Crippen LogP contribution in [0.5, 0.6) is 5.88 Å². The van der Waals surface area contributed by atoms with Gasteiger partial charge in [-0.25, -0.2) is 19.3 Å². The van der Waals surface area contributed by atoms with Gasteiger partial charge in [0.25, 0.3) is 0 Å². The van der Waals surface area contributed by atoms with Gasteiger partial charge in [-0.05, 0) is 23.6 Å². The number of nitrogens with one attached hydrogen (secondary N) is 2. The van der Waals surface area contributed by atoms with Crippen molar-refractivity contribution in [2.75, 3.05) is 13.1 Å². The van der Waals surface area contributed by atoms with Crippen molar-refractivity contribution < 1.29 is 13.9 Å². The number of nitrogens with zero attached hydrogens (tertiary/aromatic N) is 3. The van der Waals surface area contributed by atoms with E-state index >= 15 is 0 Å². The number of aromatic nitrogens is 4. The van der Waals surface area contributed by atoms with E-state index in [0.717, 1.165) is 0 Å². The van der Waals surface area contributed by atoms with Crippen molar-refractivity contribution in [3.8, 4) is 17.4 Å². The highest BCUT2D eigenvalue weighted by Crippen LogP contribution is 2.31. The summed E-state index contributed by atoms with van der Waals surface area (Å²) < 4.78 is 20.4. The van der Waals surface area contributed by atoms with Gasteiger partial charge in [0.05, 0.1) is 11.9 Å². The van der Waals surface area contributed by atoms with E-state index in [9.17, 15) is 14.0 Å². The first kappa shape index (κ1) is 17.0. The minimum Gasteiger partial charge on any atom is -0.472 e. The molecular weight excluding hydrogens is 353 g/mol. The lowest BCUT2D eigenvalue weighted by molar-refractivity contribution is -0.125. The summed E-state index contributed by atoms with van der Waals surface area (Å²) in [6, 6.07) is 6.26. The Bertz CT molecular complexity index is 1090. The summed E-state index contributed by atoms with van der Waals surface area (Å²) >= 11 is 0. The van der Waals surface area contributed by atoms with Gasteiger partial charge in [-0.1, -0.05) is 18.7 Å². The standard InChI is InChI=1S/C18H16FN5O3/c1-2-14(25)24-7-6-11(9-24)27-17-15-10(4-3-5-12(15)19)8-13(20-17)16-21-18(26)23-22-16/h2-5,8,11H,1,6-7,9H2,(H2,21,22,23,26). The molecule has 0 aliphatic carbocycles. The number of halogens is 1. The highest BCUT2D eigenvalue weighted by molar-refractivity contribution is 5.90. The fourth-order valence-corrected chi connectivity index (χ4v) is 3.14. The predicted molar refractivity (Wildman–Crippen MR) is 95.7 cm³/mol. The van der Waals surface area contributed by atoms with Gasteiger partial charge in [-0.15, -0.1) is 0 Å². The maximum absolute atomic E-state index is 14.4. The van der Waals surface area contributed by atoms with E-state index in [4.69, 9.17) is 4.74 Å². The summed E-state index contributed by atoms with van der Waals surface area (Å²) in [5.74, 6) is -0.310. The molecule has 3 aromatic rings. The van der Waals surface area contributed by atoms with Crippen molar-refractivity contribution in [2.24, 2.45) is 0 Å². The lowest BCUT2D eigenvalue weighted by Crippen LogP contribution is -2.29. The Balaban J connectivity index is 1.73. The number of aromatic amines is 2. The second-order valence-electron chi connectivity index (χ2n) is 6.19. The number of hydrogen-bond acceptors (Lipinski definition) is 5. The van der Waals surface area contributed by atoms with Gasteiger partial charge in [-0.2, -0.15) is 5.10 Å². The van der Waals surface area contributed by atoms with Crippen molar-refractivity contribution in [2.45, 2.75) is 12.5 Å². The summed E-state index contributed by atoms with van der Waals surface area (Å²) in [4.78, 5) is 31.6. The number of benzene rings is 1. The Labute approximate surface area is 152 Å². The number of carbonyl (C=O) groups excluding carboxylic acids is 1. The molecule has 0 saturated carbocycles. The van der Waals surface area contributed by atoms with Gasteiger partial charge in [-0.3, -0.25) is 9.78 Å². The molecule has 27 heavy (non-hydrogen) atoms. The Hall–Kier alpha value is -3.49. The van der Waals surface area contributed by atoms with Gasteiger partial charge in [0.1, 0.15) is 17.6 Å². The number of amides is 1. The molecule has 1 aliphatic rings. The van der Waals surface area contributed by atoms with Crippen molar-refractivity contribution >= 4 is 16.7 Å². The smallest absolute Gasteiger partial charge is 0.340 e. The van der Waals surface area contributed by atoms with Gasteiger partial charge in [0.2, 0.25) is 11.8 Å². The van der Waals surface area contributed by atoms with Crippen molar-refractivity contribution in [1.82, 2.24) is 25.1 Å². The molecule has 8 nitrogen and oxygen atoms in total. The number of carbonyl (C=O) groups is 1. The van der Waals surface area contributed by atoms with Crippen molar-refractivity contribution in [1.29, 1.82) is 0 Å². The van der Waals surface area contributed by atoms with Crippen LogP contribution in [0.15, 0.2) is 41.7 Å². The third kappa shape index (κ3) is 3.19. The van der Waals surface area contributed by atoms with Crippen LogP contribution in [0.3, 0.4) is 0 Å². The van der Waals surface area contributed by atoms with E-state index in [1.54, 1.807) is 23.1 Å². The third-order valence-corrected chi connectivity index (χ3v) is 4.43. The maximum atomic E-state index is 14.4. The first-order valence-electron chi connectivity index (χ1n) is 8.37. The monoisotopic (exact) mass is 369 g/mol. The number of pyridine rings is 1. The molecule has 2 aromatic heterocycles. The van der Waals surface area contributed by atoms with Gasteiger partial charge >= 0.3 is 5.69 Å². The fourth-order valence-electron chi connectivity index (χ4n) is 3.14. The number of H-pyrrole nitrogens is 2. The molecule has 2 N–H and O–H groups in total. The molecule has 1 saturated heterocycles. The zero-order valence-electron chi connectivity index (χ0n) is 14.2. The van der Waals surface area contributed by atoms with Gasteiger partial charge < -0.3 is 9.64 Å². The second-order valence-corrected chi connectivity index (χ2v) is 6.19. The topological polar surface area (TPSA) is 104 Å². The van der Waals surface area contributed by atoms with Crippen molar-refractivity contribution in [3.05, 3.63) is 53.2 Å². The van der Waals surface area contributed by atoms with Crippen LogP contribution >= 0.6 is 0 Å². The Morgan fingerprint density at radius 1 is 1.44 bits per heavy atom. The fraction of sp³-hybridized carbons (Fsp3) is 0.222. The van der Waals surface area contributed by atoms with Crippen LogP contribution in [0.4, 0.5) is 4.39 Å². The zero-order valence-corrected chi connectivity index (χ0v) is 14.2. The lowest BCUT2D eigenvalue weighted by Gasteiger charge is -2.17. The molecule has 0 bridgehead atoms. The van der Waals surface area contributed by atoms with Crippen LogP contribution in [0.2, 0.25) is 0 Å². The highest BCUT2D eigenvalue weighted by Gasteiger charge is 2.28. The van der Waals surface area contributed by atoms with E-state index in [1.807, 2.05) is 0 Å². The van der Waals surface area contributed by atoms with Crippen LogP contribution in [-0.4, -0.2) is 50.2 Å². The van der Waals surface area contributed by atoms with Crippen LogP contribution in [0.25, 0.3) is 22.3 Å². The highest BCUT2D eigenvalue weighted by atomic mass is 19.1. The molecule has 4 rings (SSSR count). The number of rotatable bonds is 4. The molecule has 138 valence electrons. The molecule has 1 aromatic carbocycles. The average Bonchev–Trinajstić information content (AvgIpc) is 3.30. The quantitative estimate of drug-likeness (QED) is 0.680. The summed E-state index contributed by atoms with van der Waals surface area (Å²) in [6.07, 6.45) is 1.53. The van der Waals surface area contributed by atoms with Crippen LogP contribution in [0, 0.1) is 5.82 Å². The molecule has 1 aliphatic heterocycles. The average molecular weight is 369 g/mol. The maximum Gasteiger partial charge on any atom is 0.340 e. The summed E-state index contributed by atoms with van der Waals surface area (Å²) in [7, 11) is 0. The molecule has 1 amide bonds. The largest absolute Gasteiger partial charge is 0.472 e. The first-order chi connectivity index (χ1) is 13.0. The SMILES string of the molecule is C=CC(=O)N1CCC(Oc2nc(-c3n[nH]c(=O)[nH]3)cc3cccc(F)c23)C1. The predicted octanol–water partition coefficient (Wildman–Crippen LogP) is 1.62. The van der Waals surface area contributed by atoms with Crippen LogP contribution < -0.4 is 10.4 Å². The number of ether oxygens (including phenoxy) is 1. The molecule has 0 spiro atoms. The summed E-state index contributed by atoms with van der Waals surface area (Å²) in [6.45, 7) is 4.38. The Morgan fingerprint density at radius 3 is 3.04 bits per heavy atom. The third-order valence-electron chi connectivity index (χ3n) is 4.43. The molecule has 0 radical (unpaired) electrons. The Kier molecular flexibility index (Phi) is 4.19. The van der Waals surface area contributed by atoms with Crippen molar-refractivity contribution in [3.63, 3.8) is 0 Å². The van der Waals surface area contributed by atoms with Crippen LogP contribution in [0.1, 0.15) is 6.42 Å².